The lowest BCUT2D eigenvalue weighted by Gasteiger charge is -2.34. The van der Waals surface area contributed by atoms with E-state index in [9.17, 15) is 0 Å². The number of aromatic nitrogens is 2. The van der Waals surface area contributed by atoms with Gasteiger partial charge >= 0.3 is 0 Å². The van der Waals surface area contributed by atoms with Crippen molar-refractivity contribution < 1.29 is 18.9 Å². The molecule has 0 atom stereocenters. The third-order valence-electron chi connectivity index (χ3n) is 7.04. The Bertz CT molecular complexity index is 1330. The van der Waals surface area contributed by atoms with Gasteiger partial charge in [-0.15, -0.1) is 0 Å². The van der Waals surface area contributed by atoms with Crippen molar-refractivity contribution in [1.29, 1.82) is 0 Å². The average Bonchev–Trinajstić information content (AvgIpc) is 3.66. The zero-order valence-electron chi connectivity index (χ0n) is 20.6. The van der Waals surface area contributed by atoms with Crippen molar-refractivity contribution in [2.24, 2.45) is 0 Å². The van der Waals surface area contributed by atoms with Crippen molar-refractivity contribution in [3.8, 4) is 34.4 Å². The summed E-state index contributed by atoms with van der Waals surface area (Å²) in [4.78, 5) is 4.89. The molecule has 0 saturated carbocycles. The number of unbranched alkanes of at least 4 members (excludes halogenated alkanes) is 1. The van der Waals surface area contributed by atoms with E-state index in [1.807, 2.05) is 24.4 Å². The molecule has 7 nitrogen and oxygen atoms in total. The molecule has 4 aromatic rings. The van der Waals surface area contributed by atoms with Crippen molar-refractivity contribution >= 4 is 11.4 Å². The van der Waals surface area contributed by atoms with E-state index in [4.69, 9.17) is 23.9 Å². The number of benzene rings is 3. The summed E-state index contributed by atoms with van der Waals surface area (Å²) in [6.07, 6.45) is 4.22. The summed E-state index contributed by atoms with van der Waals surface area (Å²) in [5, 5.41) is 0. The normalized spacial score (nSPS) is 13.8. The Balaban J connectivity index is 1.46. The van der Waals surface area contributed by atoms with Gasteiger partial charge in [-0.05, 0) is 18.6 Å². The van der Waals surface area contributed by atoms with E-state index in [-0.39, 0.29) is 13.6 Å². The first-order valence-corrected chi connectivity index (χ1v) is 12.4. The van der Waals surface area contributed by atoms with E-state index in [1.165, 1.54) is 5.69 Å². The SMILES string of the molecule is CCCCn1c(C[N+](C)(c2ccc3c(c2)OCO3)c2ccc3c(c2)OCO3)cnc1-c1ccccc1. The van der Waals surface area contributed by atoms with E-state index in [1.54, 1.807) is 0 Å². The Morgan fingerprint density at radius 3 is 2.03 bits per heavy atom. The highest BCUT2D eigenvalue weighted by atomic mass is 16.7. The van der Waals surface area contributed by atoms with Gasteiger partial charge in [0.1, 0.15) is 23.7 Å². The van der Waals surface area contributed by atoms with Crippen LogP contribution in [0.4, 0.5) is 11.4 Å². The Kier molecular flexibility index (Phi) is 5.77. The fraction of sp³-hybridized carbons (Fsp3) is 0.276. The molecular formula is C29H30N3O4+. The molecular weight excluding hydrogens is 454 g/mol. The Labute approximate surface area is 211 Å². The van der Waals surface area contributed by atoms with Crippen LogP contribution in [0.3, 0.4) is 0 Å². The highest BCUT2D eigenvalue weighted by Crippen LogP contribution is 2.45. The highest BCUT2D eigenvalue weighted by Gasteiger charge is 2.34. The maximum atomic E-state index is 5.74. The molecule has 6 rings (SSSR count). The number of quaternary nitrogens is 1. The summed E-state index contributed by atoms with van der Waals surface area (Å²) in [5.74, 6) is 4.08. The van der Waals surface area contributed by atoms with Crippen molar-refractivity contribution in [3.05, 3.63) is 78.6 Å². The minimum absolute atomic E-state index is 0.247. The van der Waals surface area contributed by atoms with Crippen molar-refractivity contribution in [1.82, 2.24) is 14.0 Å². The Hall–Kier alpha value is -3.97. The molecule has 0 saturated heterocycles. The van der Waals surface area contributed by atoms with Crippen LogP contribution in [0.1, 0.15) is 25.5 Å². The molecule has 36 heavy (non-hydrogen) atoms. The van der Waals surface area contributed by atoms with E-state index in [2.05, 4.69) is 67.1 Å². The third kappa shape index (κ3) is 3.95. The summed E-state index contributed by atoms with van der Waals surface area (Å²) in [7, 11) is 2.22. The van der Waals surface area contributed by atoms with Crippen LogP contribution < -0.4 is 23.4 Å². The van der Waals surface area contributed by atoms with Gasteiger partial charge in [0.15, 0.2) is 23.0 Å². The number of ether oxygens (including phenoxy) is 4. The molecule has 0 aliphatic carbocycles. The maximum absolute atomic E-state index is 5.74. The van der Waals surface area contributed by atoms with Gasteiger partial charge in [0.05, 0.1) is 18.9 Å². The minimum atomic E-state index is 0.247. The number of fused-ring (bicyclic) bond motifs is 2. The van der Waals surface area contributed by atoms with Gasteiger partial charge in [-0.25, -0.2) is 4.98 Å². The molecule has 3 aromatic carbocycles. The van der Waals surface area contributed by atoms with Crippen LogP contribution in [-0.2, 0) is 13.1 Å². The summed E-state index contributed by atoms with van der Waals surface area (Å²) < 4.78 is 25.5. The Morgan fingerprint density at radius 1 is 0.806 bits per heavy atom. The average molecular weight is 485 g/mol. The van der Waals surface area contributed by atoms with E-state index in [0.717, 1.165) is 65.1 Å². The van der Waals surface area contributed by atoms with Crippen LogP contribution in [0.25, 0.3) is 11.4 Å². The first-order chi connectivity index (χ1) is 17.7. The molecule has 184 valence electrons. The molecule has 1 aromatic heterocycles. The summed E-state index contributed by atoms with van der Waals surface area (Å²) >= 11 is 0. The third-order valence-corrected chi connectivity index (χ3v) is 7.04. The lowest BCUT2D eigenvalue weighted by molar-refractivity contribution is 0.173. The highest BCUT2D eigenvalue weighted by molar-refractivity contribution is 5.66. The molecule has 3 heterocycles. The second-order valence-electron chi connectivity index (χ2n) is 9.37. The molecule has 0 spiro atoms. The molecule has 0 N–H and O–H groups in total. The predicted octanol–water partition coefficient (Wildman–Crippen LogP) is 6.28. The van der Waals surface area contributed by atoms with Crippen LogP contribution in [0.5, 0.6) is 23.0 Å². The predicted molar refractivity (Wildman–Crippen MR) is 139 cm³/mol. The lowest BCUT2D eigenvalue weighted by atomic mass is 10.1. The van der Waals surface area contributed by atoms with Crippen LogP contribution in [0.15, 0.2) is 72.9 Å². The zero-order valence-corrected chi connectivity index (χ0v) is 20.6. The first-order valence-electron chi connectivity index (χ1n) is 12.4. The monoisotopic (exact) mass is 484 g/mol. The van der Waals surface area contributed by atoms with Crippen molar-refractivity contribution in [3.63, 3.8) is 0 Å². The van der Waals surface area contributed by atoms with Gasteiger partial charge in [0.25, 0.3) is 0 Å². The fourth-order valence-electron chi connectivity index (χ4n) is 4.96. The van der Waals surface area contributed by atoms with Crippen molar-refractivity contribution in [2.45, 2.75) is 32.9 Å². The quantitative estimate of drug-likeness (QED) is 0.276. The molecule has 7 heteroatoms. The minimum Gasteiger partial charge on any atom is -0.454 e. The van der Waals surface area contributed by atoms with E-state index >= 15 is 0 Å². The largest absolute Gasteiger partial charge is 0.454 e. The number of rotatable bonds is 8. The molecule has 0 amide bonds. The smallest absolute Gasteiger partial charge is 0.231 e. The maximum Gasteiger partial charge on any atom is 0.231 e. The topological polar surface area (TPSA) is 54.7 Å². The van der Waals surface area contributed by atoms with Gasteiger partial charge in [0.2, 0.25) is 13.6 Å². The second kappa shape index (κ2) is 9.24. The second-order valence-corrected chi connectivity index (χ2v) is 9.37. The van der Waals surface area contributed by atoms with E-state index in [0.29, 0.717) is 11.0 Å². The molecule has 0 radical (unpaired) electrons. The molecule has 0 fully saturated rings. The number of nitrogens with zero attached hydrogens (tertiary/aromatic N) is 3. The molecule has 2 aliphatic heterocycles. The van der Waals surface area contributed by atoms with Crippen LogP contribution in [0, 0.1) is 0 Å². The number of imidazole rings is 1. The zero-order chi connectivity index (χ0) is 24.5. The first kappa shape index (κ1) is 22.5. The van der Waals surface area contributed by atoms with Gasteiger partial charge < -0.3 is 23.5 Å². The van der Waals surface area contributed by atoms with Gasteiger partial charge in [-0.1, -0.05) is 43.7 Å². The number of hydrogen-bond donors (Lipinski definition) is 0. The van der Waals surface area contributed by atoms with Gasteiger partial charge in [0, 0.05) is 36.4 Å². The summed E-state index contributed by atoms with van der Waals surface area (Å²) in [6, 6.07) is 22.8. The van der Waals surface area contributed by atoms with E-state index < -0.39 is 0 Å². The standard InChI is InChI=1S/C29H30N3O4/c1-3-4-14-31-22(17-30-29(31)21-8-6-5-7-9-21)18-32(2,23-10-12-25-27(15-23)35-19-33-25)24-11-13-26-28(16-24)36-20-34-26/h5-13,15-17H,3-4,14,18-20H2,1-2H3/q+1. The number of hydrogen-bond acceptors (Lipinski definition) is 5. The van der Waals surface area contributed by atoms with Gasteiger partial charge in [-0.2, -0.15) is 0 Å². The van der Waals surface area contributed by atoms with Crippen LogP contribution in [0.2, 0.25) is 0 Å². The summed E-state index contributed by atoms with van der Waals surface area (Å²) in [6.45, 7) is 4.33. The van der Waals surface area contributed by atoms with Crippen LogP contribution in [-0.4, -0.2) is 30.2 Å². The molecule has 2 aliphatic rings. The van der Waals surface area contributed by atoms with Gasteiger partial charge in [-0.3, -0.25) is 4.48 Å². The molecule has 0 bridgehead atoms. The van der Waals surface area contributed by atoms with Crippen LogP contribution >= 0.6 is 0 Å². The fourth-order valence-corrected chi connectivity index (χ4v) is 4.96. The van der Waals surface area contributed by atoms with Crippen molar-refractivity contribution in [2.75, 3.05) is 20.6 Å². The molecule has 0 unspecified atom stereocenters. The lowest BCUT2D eigenvalue weighted by Crippen LogP contribution is -2.39. The Morgan fingerprint density at radius 2 is 1.42 bits per heavy atom. The summed E-state index contributed by atoms with van der Waals surface area (Å²) in [5.41, 5.74) is 4.46.